The van der Waals surface area contributed by atoms with Gasteiger partial charge < -0.3 is 22.9 Å². The summed E-state index contributed by atoms with van der Waals surface area (Å²) in [6.07, 6.45) is 10.5. The molecule has 6 heteroatoms. The standard InChI is InChI=1S/C16H38N4.H4N2/c1-2-15(7-3-11-17)16(8-4-12-18,9-5-13-19)10-6-14-20;1-2/h15H,2-14,17-20H2,1H3;1-2H2. The van der Waals surface area contributed by atoms with Gasteiger partial charge in [0.25, 0.3) is 0 Å². The maximum Gasteiger partial charge on any atom is -0.00771 e. The van der Waals surface area contributed by atoms with Crippen molar-refractivity contribution in [2.45, 2.75) is 64.7 Å². The van der Waals surface area contributed by atoms with Crippen molar-refractivity contribution in [2.75, 3.05) is 26.2 Å². The summed E-state index contributed by atoms with van der Waals surface area (Å²) in [5.74, 6) is 8.73. The highest BCUT2D eigenvalue weighted by atomic mass is 15.0. The van der Waals surface area contributed by atoms with Gasteiger partial charge in [-0.05, 0) is 88.9 Å². The first kappa shape index (κ1) is 24.0. The van der Waals surface area contributed by atoms with Gasteiger partial charge in [-0.1, -0.05) is 13.3 Å². The average Bonchev–Trinajstić information content (AvgIpc) is 2.57. The Labute approximate surface area is 137 Å². The van der Waals surface area contributed by atoms with Crippen LogP contribution in [0.15, 0.2) is 0 Å². The number of hydrazine groups is 1. The monoisotopic (exact) mass is 318 g/mol. The predicted octanol–water partition coefficient (Wildman–Crippen LogP) is 0.773. The fraction of sp³-hybridized carbons (Fsp3) is 1.00. The van der Waals surface area contributed by atoms with E-state index in [1.807, 2.05) is 0 Å². The molecule has 0 aromatic heterocycles. The summed E-state index contributed by atoms with van der Waals surface area (Å²) in [6.45, 7) is 5.43. The smallest absolute Gasteiger partial charge is 0.00771 e. The molecule has 0 heterocycles. The highest BCUT2D eigenvalue weighted by Crippen LogP contribution is 2.45. The lowest BCUT2D eigenvalue weighted by Gasteiger charge is -2.42. The van der Waals surface area contributed by atoms with E-state index in [0.717, 1.165) is 57.8 Å². The highest BCUT2D eigenvalue weighted by molar-refractivity contribution is 4.86. The second-order valence-corrected chi connectivity index (χ2v) is 6.08. The van der Waals surface area contributed by atoms with E-state index in [2.05, 4.69) is 18.6 Å². The van der Waals surface area contributed by atoms with Gasteiger partial charge >= 0.3 is 0 Å². The van der Waals surface area contributed by atoms with Crippen molar-refractivity contribution in [1.29, 1.82) is 0 Å². The van der Waals surface area contributed by atoms with E-state index >= 15 is 0 Å². The summed E-state index contributed by atoms with van der Waals surface area (Å²) in [6, 6.07) is 0. The third kappa shape index (κ3) is 9.71. The van der Waals surface area contributed by atoms with E-state index in [1.165, 1.54) is 32.1 Å². The van der Waals surface area contributed by atoms with Crippen LogP contribution in [0.1, 0.15) is 64.7 Å². The van der Waals surface area contributed by atoms with Crippen LogP contribution >= 0.6 is 0 Å². The maximum atomic E-state index is 5.77. The van der Waals surface area contributed by atoms with Crippen molar-refractivity contribution in [1.82, 2.24) is 0 Å². The number of nitrogens with two attached hydrogens (primary N) is 6. The predicted molar refractivity (Wildman–Crippen MR) is 97.7 cm³/mol. The molecule has 0 aliphatic heterocycles. The second-order valence-electron chi connectivity index (χ2n) is 6.08. The molecule has 0 aliphatic rings. The zero-order valence-corrected chi connectivity index (χ0v) is 14.7. The molecule has 1 atom stereocenters. The number of rotatable bonds is 14. The molecule has 0 rings (SSSR count). The molecule has 0 spiro atoms. The lowest BCUT2D eigenvalue weighted by Crippen LogP contribution is -2.33. The van der Waals surface area contributed by atoms with Crippen molar-refractivity contribution in [2.24, 2.45) is 46.0 Å². The van der Waals surface area contributed by atoms with Crippen LogP contribution in [0.25, 0.3) is 0 Å². The summed E-state index contributed by atoms with van der Waals surface area (Å²) in [4.78, 5) is 0. The third-order valence-corrected chi connectivity index (χ3v) is 4.75. The third-order valence-electron chi connectivity index (χ3n) is 4.75. The Hall–Kier alpha value is -0.240. The molecule has 0 saturated carbocycles. The van der Waals surface area contributed by atoms with E-state index in [1.54, 1.807) is 0 Å². The molecule has 6 nitrogen and oxygen atoms in total. The summed E-state index contributed by atoms with van der Waals surface area (Å²) in [5, 5.41) is 0. The molecule has 0 fully saturated rings. The minimum atomic E-state index is 0.377. The van der Waals surface area contributed by atoms with Gasteiger partial charge in [-0.3, -0.25) is 11.7 Å². The Kier molecular flexibility index (Phi) is 18.7. The van der Waals surface area contributed by atoms with Gasteiger partial charge in [-0.2, -0.15) is 0 Å². The molecule has 12 N–H and O–H groups in total. The molecule has 0 saturated heterocycles. The van der Waals surface area contributed by atoms with Crippen molar-refractivity contribution in [3.63, 3.8) is 0 Å². The summed E-state index contributed by atoms with van der Waals surface area (Å²) >= 11 is 0. The molecule has 0 aromatic carbocycles. The molecule has 0 bridgehead atoms. The first-order valence-electron chi connectivity index (χ1n) is 8.84. The largest absolute Gasteiger partial charge is 0.330 e. The van der Waals surface area contributed by atoms with Crippen LogP contribution in [0.3, 0.4) is 0 Å². The molecule has 22 heavy (non-hydrogen) atoms. The zero-order valence-electron chi connectivity index (χ0n) is 14.7. The van der Waals surface area contributed by atoms with Crippen molar-refractivity contribution < 1.29 is 0 Å². The van der Waals surface area contributed by atoms with Crippen LogP contribution in [-0.2, 0) is 0 Å². The Morgan fingerprint density at radius 3 is 1.32 bits per heavy atom. The minimum absolute atomic E-state index is 0.377. The Morgan fingerprint density at radius 1 is 0.682 bits per heavy atom. The number of hydrogen-bond donors (Lipinski definition) is 6. The zero-order chi connectivity index (χ0) is 17.3. The molecule has 0 aromatic rings. The van der Waals surface area contributed by atoms with Gasteiger partial charge in [0, 0.05) is 0 Å². The summed E-state index contributed by atoms with van der Waals surface area (Å²) in [7, 11) is 0. The van der Waals surface area contributed by atoms with Crippen LogP contribution in [0.5, 0.6) is 0 Å². The van der Waals surface area contributed by atoms with E-state index in [-0.39, 0.29) is 0 Å². The van der Waals surface area contributed by atoms with E-state index in [4.69, 9.17) is 22.9 Å². The topological polar surface area (TPSA) is 156 Å². The van der Waals surface area contributed by atoms with Crippen molar-refractivity contribution in [3.8, 4) is 0 Å². The molecular weight excluding hydrogens is 276 g/mol. The van der Waals surface area contributed by atoms with Crippen LogP contribution in [0.2, 0.25) is 0 Å². The van der Waals surface area contributed by atoms with E-state index < -0.39 is 0 Å². The van der Waals surface area contributed by atoms with Gasteiger partial charge in [0.15, 0.2) is 0 Å². The first-order valence-corrected chi connectivity index (χ1v) is 8.84. The molecule has 0 amide bonds. The maximum absolute atomic E-state index is 5.77. The lowest BCUT2D eigenvalue weighted by atomic mass is 9.64. The quantitative estimate of drug-likeness (QED) is 0.205. The van der Waals surface area contributed by atoms with Crippen molar-refractivity contribution in [3.05, 3.63) is 0 Å². The van der Waals surface area contributed by atoms with Crippen molar-refractivity contribution >= 4 is 0 Å². The van der Waals surface area contributed by atoms with Crippen LogP contribution in [-0.4, -0.2) is 26.2 Å². The Balaban J connectivity index is 0. The first-order chi connectivity index (χ1) is 10.7. The fourth-order valence-electron chi connectivity index (χ4n) is 3.66. The lowest BCUT2D eigenvalue weighted by molar-refractivity contribution is 0.0936. The van der Waals surface area contributed by atoms with Gasteiger partial charge in [0.2, 0.25) is 0 Å². The van der Waals surface area contributed by atoms with E-state index in [0.29, 0.717) is 5.41 Å². The minimum Gasteiger partial charge on any atom is -0.330 e. The number of hydrogen-bond acceptors (Lipinski definition) is 6. The van der Waals surface area contributed by atoms with Gasteiger partial charge in [0.05, 0.1) is 0 Å². The molecule has 0 radical (unpaired) electrons. The normalized spacial score (nSPS) is 12.7. The Morgan fingerprint density at radius 2 is 1.05 bits per heavy atom. The summed E-state index contributed by atoms with van der Waals surface area (Å²) < 4.78 is 0. The summed E-state index contributed by atoms with van der Waals surface area (Å²) in [5.41, 5.74) is 23.4. The molecular formula is C16H42N6. The second kappa shape index (κ2) is 17.1. The van der Waals surface area contributed by atoms with Crippen LogP contribution in [0.4, 0.5) is 0 Å². The van der Waals surface area contributed by atoms with E-state index in [9.17, 15) is 0 Å². The molecule has 1 unspecified atom stereocenters. The average molecular weight is 319 g/mol. The van der Waals surface area contributed by atoms with Crippen LogP contribution in [0, 0.1) is 11.3 Å². The van der Waals surface area contributed by atoms with Gasteiger partial charge in [-0.25, -0.2) is 0 Å². The fourth-order valence-corrected chi connectivity index (χ4v) is 3.66. The molecule has 136 valence electrons. The van der Waals surface area contributed by atoms with Crippen LogP contribution < -0.4 is 34.6 Å². The Bertz CT molecular complexity index is 191. The van der Waals surface area contributed by atoms with Gasteiger partial charge in [0.1, 0.15) is 0 Å². The van der Waals surface area contributed by atoms with Gasteiger partial charge in [-0.15, -0.1) is 0 Å². The highest BCUT2D eigenvalue weighted by Gasteiger charge is 2.35. The molecule has 0 aliphatic carbocycles. The SMILES string of the molecule is CCC(CCCN)C(CCCN)(CCCN)CCCN.NN.